The average molecular weight is 346 g/mol. The van der Waals surface area contributed by atoms with Crippen molar-refractivity contribution in [1.82, 2.24) is 9.80 Å². The van der Waals surface area contributed by atoms with Crippen molar-refractivity contribution in [3.8, 4) is 0 Å². The van der Waals surface area contributed by atoms with Gasteiger partial charge in [0, 0.05) is 35.7 Å². The molecule has 0 aliphatic carbocycles. The van der Waals surface area contributed by atoms with Crippen molar-refractivity contribution in [2.75, 3.05) is 26.7 Å². The molecule has 1 aliphatic heterocycles. The Balaban J connectivity index is 2.13. The van der Waals surface area contributed by atoms with Gasteiger partial charge in [0.1, 0.15) is 0 Å². The van der Waals surface area contributed by atoms with Gasteiger partial charge in [-0.25, -0.2) is 0 Å². The van der Waals surface area contributed by atoms with Crippen LogP contribution in [0.4, 0.5) is 0 Å². The zero-order chi connectivity index (χ0) is 14.0. The number of amides is 1. The van der Waals surface area contributed by atoms with Gasteiger partial charge in [-0.1, -0.05) is 18.5 Å². The summed E-state index contributed by atoms with van der Waals surface area (Å²) in [6.07, 6.45) is 1.06. The third kappa shape index (κ3) is 3.30. The molecule has 0 radical (unpaired) electrons. The first-order valence-electron chi connectivity index (χ1n) is 6.47. The normalized spacial score (nSPS) is 20.6. The summed E-state index contributed by atoms with van der Waals surface area (Å²) in [5, 5.41) is 0.576. The van der Waals surface area contributed by atoms with Gasteiger partial charge in [0.2, 0.25) is 0 Å². The minimum absolute atomic E-state index is 0.0703. The Morgan fingerprint density at radius 3 is 2.84 bits per heavy atom. The topological polar surface area (TPSA) is 23.6 Å². The maximum Gasteiger partial charge on any atom is 0.254 e. The monoisotopic (exact) mass is 344 g/mol. The molecule has 104 valence electrons. The van der Waals surface area contributed by atoms with Crippen LogP contribution in [0.3, 0.4) is 0 Å². The number of likely N-dealkylation sites (N-methyl/N-ethyl adjacent to an activating group) is 1. The van der Waals surface area contributed by atoms with Crippen LogP contribution in [0, 0.1) is 0 Å². The fourth-order valence-corrected chi connectivity index (χ4v) is 2.81. The molecule has 1 saturated heterocycles. The number of carbonyl (C=O) groups excluding carboxylic acids is 1. The second-order valence-electron chi connectivity index (χ2n) is 4.92. The first-order valence-corrected chi connectivity index (χ1v) is 7.64. The van der Waals surface area contributed by atoms with Crippen LogP contribution in [0.5, 0.6) is 0 Å². The summed E-state index contributed by atoms with van der Waals surface area (Å²) in [6.45, 7) is 4.65. The van der Waals surface area contributed by atoms with Gasteiger partial charge in [0.05, 0.1) is 5.02 Å². The van der Waals surface area contributed by atoms with Gasteiger partial charge in [-0.15, -0.1) is 0 Å². The number of halogens is 2. The molecule has 1 unspecified atom stereocenters. The molecule has 1 amide bonds. The zero-order valence-electron chi connectivity index (χ0n) is 11.2. The van der Waals surface area contributed by atoms with E-state index >= 15 is 0 Å². The number of rotatable bonds is 2. The molecule has 0 bridgehead atoms. The summed E-state index contributed by atoms with van der Waals surface area (Å²) in [4.78, 5) is 16.7. The standard InChI is InChI=1S/C14H18BrClN2O/c1-3-11-9-18(7-6-17(11)2)14(19)10-4-5-12(15)13(16)8-10/h4-5,8,11H,3,6-7,9H2,1-2H3. The number of hydrogen-bond donors (Lipinski definition) is 0. The third-order valence-corrected chi connectivity index (χ3v) is 4.93. The minimum atomic E-state index is 0.0703. The fraction of sp³-hybridized carbons (Fsp3) is 0.500. The average Bonchev–Trinajstić information content (AvgIpc) is 2.41. The molecule has 0 aromatic heterocycles. The van der Waals surface area contributed by atoms with E-state index in [-0.39, 0.29) is 5.91 Å². The Labute approximate surface area is 127 Å². The van der Waals surface area contributed by atoms with E-state index in [0.717, 1.165) is 30.5 Å². The van der Waals surface area contributed by atoms with E-state index in [9.17, 15) is 4.79 Å². The Morgan fingerprint density at radius 1 is 1.47 bits per heavy atom. The molecule has 1 atom stereocenters. The van der Waals surface area contributed by atoms with E-state index in [4.69, 9.17) is 11.6 Å². The molecule has 0 spiro atoms. The van der Waals surface area contributed by atoms with Gasteiger partial charge >= 0.3 is 0 Å². The second kappa shape index (κ2) is 6.25. The highest BCUT2D eigenvalue weighted by Gasteiger charge is 2.26. The quantitative estimate of drug-likeness (QED) is 0.821. The summed E-state index contributed by atoms with van der Waals surface area (Å²) in [5.41, 5.74) is 0.660. The van der Waals surface area contributed by atoms with Crippen LogP contribution < -0.4 is 0 Å². The van der Waals surface area contributed by atoms with E-state index < -0.39 is 0 Å². The van der Waals surface area contributed by atoms with Crippen LogP contribution >= 0.6 is 27.5 Å². The van der Waals surface area contributed by atoms with Crippen LogP contribution in [0.25, 0.3) is 0 Å². The first-order chi connectivity index (χ1) is 9.02. The van der Waals surface area contributed by atoms with Crippen LogP contribution in [-0.2, 0) is 0 Å². The van der Waals surface area contributed by atoms with E-state index in [2.05, 4.69) is 34.8 Å². The van der Waals surface area contributed by atoms with Gasteiger partial charge in [0.25, 0.3) is 5.91 Å². The molecule has 5 heteroatoms. The van der Waals surface area contributed by atoms with E-state index in [1.165, 1.54) is 0 Å². The zero-order valence-corrected chi connectivity index (χ0v) is 13.5. The van der Waals surface area contributed by atoms with Crippen molar-refractivity contribution in [3.63, 3.8) is 0 Å². The van der Waals surface area contributed by atoms with E-state index in [0.29, 0.717) is 16.6 Å². The number of benzene rings is 1. The highest BCUT2D eigenvalue weighted by atomic mass is 79.9. The molecule has 0 saturated carbocycles. The van der Waals surface area contributed by atoms with Crippen molar-refractivity contribution >= 4 is 33.4 Å². The molecule has 1 aromatic carbocycles. The van der Waals surface area contributed by atoms with Crippen LogP contribution in [-0.4, -0.2) is 48.4 Å². The number of carbonyl (C=O) groups is 1. The summed E-state index contributed by atoms with van der Waals surface area (Å²) in [6, 6.07) is 5.82. The molecule has 1 fully saturated rings. The van der Waals surface area contributed by atoms with Crippen LogP contribution in [0.15, 0.2) is 22.7 Å². The SMILES string of the molecule is CCC1CN(C(=O)c2ccc(Br)c(Cl)c2)CCN1C. The third-order valence-electron chi connectivity index (χ3n) is 3.70. The van der Waals surface area contributed by atoms with Crippen molar-refractivity contribution < 1.29 is 4.79 Å². The Morgan fingerprint density at radius 2 is 2.21 bits per heavy atom. The Hall–Kier alpha value is -0.580. The molecular weight excluding hydrogens is 328 g/mol. The Bertz CT molecular complexity index is 481. The molecule has 1 aliphatic rings. The lowest BCUT2D eigenvalue weighted by Gasteiger charge is -2.39. The number of nitrogens with zero attached hydrogens (tertiary/aromatic N) is 2. The predicted molar refractivity (Wildman–Crippen MR) is 81.8 cm³/mol. The Kier molecular flexibility index (Phi) is 4.87. The first kappa shape index (κ1) is 14.8. The fourth-order valence-electron chi connectivity index (χ4n) is 2.38. The van der Waals surface area contributed by atoms with Gasteiger partial charge < -0.3 is 4.90 Å². The van der Waals surface area contributed by atoms with Crippen LogP contribution in [0.1, 0.15) is 23.7 Å². The molecule has 19 heavy (non-hydrogen) atoms. The second-order valence-corrected chi connectivity index (χ2v) is 6.18. The summed E-state index contributed by atoms with van der Waals surface area (Å²) in [7, 11) is 2.12. The minimum Gasteiger partial charge on any atom is -0.336 e. The molecule has 0 N–H and O–H groups in total. The largest absolute Gasteiger partial charge is 0.336 e. The summed E-state index contributed by atoms with van der Waals surface area (Å²) in [5.74, 6) is 0.0703. The molecule has 1 aromatic rings. The van der Waals surface area contributed by atoms with Crippen LogP contribution in [0.2, 0.25) is 5.02 Å². The summed E-state index contributed by atoms with van der Waals surface area (Å²) < 4.78 is 0.815. The lowest BCUT2D eigenvalue weighted by molar-refractivity contribution is 0.0542. The van der Waals surface area contributed by atoms with Gasteiger partial charge in [0.15, 0.2) is 0 Å². The van der Waals surface area contributed by atoms with E-state index in [1.807, 2.05) is 17.0 Å². The highest BCUT2D eigenvalue weighted by molar-refractivity contribution is 9.10. The number of hydrogen-bond acceptors (Lipinski definition) is 2. The molecule has 3 nitrogen and oxygen atoms in total. The lowest BCUT2D eigenvalue weighted by Crippen LogP contribution is -2.52. The van der Waals surface area contributed by atoms with Gasteiger partial charge in [-0.2, -0.15) is 0 Å². The number of piperazine rings is 1. The smallest absolute Gasteiger partial charge is 0.254 e. The lowest BCUT2D eigenvalue weighted by atomic mass is 10.1. The van der Waals surface area contributed by atoms with E-state index in [1.54, 1.807) is 6.07 Å². The van der Waals surface area contributed by atoms with Crippen molar-refractivity contribution in [1.29, 1.82) is 0 Å². The maximum absolute atomic E-state index is 12.5. The van der Waals surface area contributed by atoms with Gasteiger partial charge in [-0.3, -0.25) is 9.69 Å². The van der Waals surface area contributed by atoms with Crippen molar-refractivity contribution in [2.24, 2.45) is 0 Å². The highest BCUT2D eigenvalue weighted by Crippen LogP contribution is 2.24. The van der Waals surface area contributed by atoms with Crippen molar-refractivity contribution in [2.45, 2.75) is 19.4 Å². The summed E-state index contributed by atoms with van der Waals surface area (Å²) >= 11 is 9.39. The van der Waals surface area contributed by atoms with Crippen molar-refractivity contribution in [3.05, 3.63) is 33.3 Å². The maximum atomic E-state index is 12.5. The molecule has 1 heterocycles. The molecule has 2 rings (SSSR count). The van der Waals surface area contributed by atoms with Gasteiger partial charge in [-0.05, 0) is 47.6 Å². The predicted octanol–water partition coefficient (Wildman–Crippen LogP) is 3.27. The molecular formula is C14H18BrClN2O.